The number of methoxy groups -OCH3 is 2. The largest absolute Gasteiger partial charge is 0.467 e. The van der Waals surface area contributed by atoms with E-state index in [0.717, 1.165) is 16.1 Å². The van der Waals surface area contributed by atoms with E-state index in [1.54, 1.807) is 63.2 Å². The summed E-state index contributed by atoms with van der Waals surface area (Å²) in [5.74, 6) is -6.03. The van der Waals surface area contributed by atoms with E-state index in [-0.39, 0.29) is 0 Å². The minimum Gasteiger partial charge on any atom is -0.467 e. The normalized spacial score (nSPS) is 23.2. The molecule has 4 atom stereocenters. The van der Waals surface area contributed by atoms with Crippen LogP contribution in [0.1, 0.15) is 37.8 Å². The fourth-order valence-corrected chi connectivity index (χ4v) is 5.06. The van der Waals surface area contributed by atoms with Crippen molar-refractivity contribution >= 4 is 61.6 Å². The van der Waals surface area contributed by atoms with Crippen molar-refractivity contribution < 1.29 is 33.4 Å². The van der Waals surface area contributed by atoms with Crippen molar-refractivity contribution in [3.63, 3.8) is 0 Å². The smallest absolute Gasteiger partial charge is 0.374 e. The molecule has 3 rings (SSSR count). The first-order valence-electron chi connectivity index (χ1n) is 11.7. The summed E-state index contributed by atoms with van der Waals surface area (Å²) in [4.78, 5) is 53.3. The molecule has 0 spiro atoms. The van der Waals surface area contributed by atoms with Crippen LogP contribution in [0.5, 0.6) is 0 Å². The third kappa shape index (κ3) is 6.42. The maximum Gasteiger partial charge on any atom is 0.374 e. The van der Waals surface area contributed by atoms with Crippen LogP contribution in [-0.2, 0) is 33.4 Å². The molecule has 1 N–H and O–H groups in total. The molecule has 202 valence electrons. The highest BCUT2D eigenvalue weighted by atomic mass is 79.9. The molecular weight excluding hydrogens is 622 g/mol. The van der Waals surface area contributed by atoms with Gasteiger partial charge in [0.1, 0.15) is 17.2 Å². The minimum atomic E-state index is -1.90. The molecule has 38 heavy (non-hydrogen) atoms. The molecule has 10 heteroatoms. The van der Waals surface area contributed by atoms with Crippen LogP contribution >= 0.6 is 31.9 Å². The summed E-state index contributed by atoms with van der Waals surface area (Å²) in [6.07, 6.45) is 3.09. The van der Waals surface area contributed by atoms with Crippen LogP contribution in [0.2, 0.25) is 0 Å². The second kappa shape index (κ2) is 11.9. The Labute approximate surface area is 238 Å². The molecule has 0 aliphatic carbocycles. The van der Waals surface area contributed by atoms with Crippen LogP contribution in [-0.4, -0.2) is 55.1 Å². The zero-order chi connectivity index (χ0) is 28.3. The van der Waals surface area contributed by atoms with E-state index in [4.69, 9.17) is 14.2 Å². The quantitative estimate of drug-likeness (QED) is 0.263. The first-order valence-corrected chi connectivity index (χ1v) is 13.3. The minimum absolute atomic E-state index is 0.543. The predicted octanol–water partition coefficient (Wildman–Crippen LogP) is 4.59. The lowest BCUT2D eigenvalue weighted by Gasteiger charge is -2.30. The maximum atomic E-state index is 13.6. The van der Waals surface area contributed by atoms with Crippen molar-refractivity contribution in [2.45, 2.75) is 43.9 Å². The molecule has 0 saturated carbocycles. The van der Waals surface area contributed by atoms with E-state index in [1.807, 2.05) is 12.1 Å². The summed E-state index contributed by atoms with van der Waals surface area (Å²) in [7, 11) is 2.26. The van der Waals surface area contributed by atoms with Crippen LogP contribution in [0.4, 0.5) is 0 Å². The molecule has 2 aromatic rings. The number of hydrogen-bond acceptors (Lipinski definition) is 8. The van der Waals surface area contributed by atoms with Crippen LogP contribution in [0, 0.1) is 5.92 Å². The molecule has 0 bridgehead atoms. The Balaban J connectivity index is 2.28. The lowest BCUT2D eigenvalue weighted by molar-refractivity contribution is -0.158. The van der Waals surface area contributed by atoms with Gasteiger partial charge in [-0.1, -0.05) is 68.3 Å². The number of ketones is 1. The predicted molar refractivity (Wildman–Crippen MR) is 148 cm³/mol. The number of carbonyl (C=O) groups excluding carboxylic acids is 4. The Morgan fingerprint density at radius 3 is 1.95 bits per heavy atom. The van der Waals surface area contributed by atoms with Gasteiger partial charge in [0.2, 0.25) is 5.78 Å². The van der Waals surface area contributed by atoms with Gasteiger partial charge in [-0.05, 0) is 56.2 Å². The first kappa shape index (κ1) is 29.7. The SMILES string of the molecule is COC(=O)C(=O)[C@@H]1[C@@H](c2ccc(Br)cc2)[C@H](C(=O)OC(C)(C)C)N[C@]1(/C=C/c1ccc(Br)cc1)C(=O)OC. The molecule has 1 aliphatic heterocycles. The second-order valence-corrected chi connectivity index (χ2v) is 11.6. The lowest BCUT2D eigenvalue weighted by Crippen LogP contribution is -2.56. The fourth-order valence-electron chi connectivity index (χ4n) is 4.53. The van der Waals surface area contributed by atoms with E-state index in [9.17, 15) is 19.2 Å². The third-order valence-corrected chi connectivity index (χ3v) is 7.18. The van der Waals surface area contributed by atoms with Gasteiger partial charge in [-0.25, -0.2) is 9.59 Å². The summed E-state index contributed by atoms with van der Waals surface area (Å²) in [5, 5.41) is 3.05. The summed E-state index contributed by atoms with van der Waals surface area (Å²) < 4.78 is 17.2. The molecule has 0 aromatic heterocycles. The van der Waals surface area contributed by atoms with Crippen molar-refractivity contribution in [3.8, 4) is 0 Å². The van der Waals surface area contributed by atoms with Crippen LogP contribution in [0.3, 0.4) is 0 Å². The fraction of sp³-hybridized carbons (Fsp3) is 0.357. The summed E-state index contributed by atoms with van der Waals surface area (Å²) >= 11 is 6.78. The highest BCUT2D eigenvalue weighted by molar-refractivity contribution is 9.10. The Hall–Kier alpha value is -2.82. The highest BCUT2D eigenvalue weighted by Crippen LogP contribution is 2.46. The number of ether oxygens (including phenoxy) is 3. The van der Waals surface area contributed by atoms with Crippen LogP contribution in [0.15, 0.2) is 63.6 Å². The van der Waals surface area contributed by atoms with Gasteiger partial charge >= 0.3 is 17.9 Å². The number of halogens is 2. The molecule has 2 aromatic carbocycles. The van der Waals surface area contributed by atoms with Gasteiger partial charge in [-0.3, -0.25) is 14.9 Å². The Bertz CT molecular complexity index is 1240. The second-order valence-electron chi connectivity index (χ2n) is 9.81. The molecule has 0 radical (unpaired) electrons. The van der Waals surface area contributed by atoms with Crippen molar-refractivity contribution in [2.24, 2.45) is 5.92 Å². The number of rotatable bonds is 7. The van der Waals surface area contributed by atoms with Crippen molar-refractivity contribution in [2.75, 3.05) is 14.2 Å². The van der Waals surface area contributed by atoms with Gasteiger partial charge in [0.05, 0.1) is 20.1 Å². The van der Waals surface area contributed by atoms with Crippen molar-refractivity contribution in [1.82, 2.24) is 5.32 Å². The van der Waals surface area contributed by atoms with Gasteiger partial charge in [0.25, 0.3) is 0 Å². The average molecular weight is 651 g/mol. The molecule has 1 fully saturated rings. The number of hydrogen-bond donors (Lipinski definition) is 1. The Kier molecular flexibility index (Phi) is 9.33. The number of esters is 3. The van der Waals surface area contributed by atoms with Crippen LogP contribution < -0.4 is 5.32 Å². The Morgan fingerprint density at radius 2 is 1.45 bits per heavy atom. The maximum absolute atomic E-state index is 13.6. The Morgan fingerprint density at radius 1 is 0.895 bits per heavy atom. The first-order chi connectivity index (χ1) is 17.8. The van der Waals surface area contributed by atoms with E-state index in [1.165, 1.54) is 13.2 Å². The number of nitrogens with one attached hydrogen (secondary N) is 1. The van der Waals surface area contributed by atoms with Gasteiger partial charge in [-0.15, -0.1) is 0 Å². The van der Waals surface area contributed by atoms with Crippen LogP contribution in [0.25, 0.3) is 6.08 Å². The van der Waals surface area contributed by atoms with E-state index >= 15 is 0 Å². The molecule has 8 nitrogen and oxygen atoms in total. The molecule has 1 aliphatic rings. The molecule has 0 unspecified atom stereocenters. The van der Waals surface area contributed by atoms with Gasteiger partial charge in [-0.2, -0.15) is 0 Å². The summed E-state index contributed by atoms with van der Waals surface area (Å²) in [6.45, 7) is 5.14. The summed E-state index contributed by atoms with van der Waals surface area (Å²) in [6, 6.07) is 13.0. The summed E-state index contributed by atoms with van der Waals surface area (Å²) in [5.41, 5.74) is -1.49. The van der Waals surface area contributed by atoms with Gasteiger partial charge < -0.3 is 14.2 Å². The van der Waals surface area contributed by atoms with Crippen molar-refractivity contribution in [3.05, 3.63) is 74.7 Å². The standard InChI is InChI=1S/C28H29Br2NO7/c1-27(2,3)38-24(33)22-20(17-8-12-19(30)13-9-17)21(23(32)25(34)36-4)28(31-22,26(35)37-5)15-14-16-6-10-18(29)11-7-16/h6-15,20-22,31H,1-5H3/b15-14+/t20-,21+,22-,28+/m1/s1. The van der Waals surface area contributed by atoms with E-state index in [2.05, 4.69) is 37.2 Å². The van der Waals surface area contributed by atoms with E-state index in [0.29, 0.717) is 11.1 Å². The topological polar surface area (TPSA) is 108 Å². The van der Waals surface area contributed by atoms with Gasteiger partial charge in [0.15, 0.2) is 0 Å². The highest BCUT2D eigenvalue weighted by Gasteiger charge is 2.64. The number of Topliss-reactive ketones (excluding diaryl/α,β-unsaturated/α-hetero) is 1. The molecular formula is C28H29Br2NO7. The van der Waals surface area contributed by atoms with Crippen molar-refractivity contribution in [1.29, 1.82) is 0 Å². The monoisotopic (exact) mass is 649 g/mol. The third-order valence-electron chi connectivity index (χ3n) is 6.12. The molecule has 1 heterocycles. The zero-order valence-corrected chi connectivity index (χ0v) is 24.8. The average Bonchev–Trinajstić information content (AvgIpc) is 3.23. The molecule has 0 amide bonds. The molecule has 1 saturated heterocycles. The van der Waals surface area contributed by atoms with Gasteiger partial charge in [0, 0.05) is 14.9 Å². The number of benzene rings is 2. The number of carbonyl (C=O) groups is 4. The zero-order valence-electron chi connectivity index (χ0n) is 21.6. The van der Waals surface area contributed by atoms with E-state index < -0.39 is 52.7 Å². The lowest BCUT2D eigenvalue weighted by atomic mass is 9.72.